The van der Waals surface area contributed by atoms with Crippen LogP contribution in [0.4, 0.5) is 10.4 Å². The number of carboxylic acid groups (broad SMARTS) is 1. The Hall–Kier alpha value is -4.03. The molecule has 12 heteroatoms. The van der Waals surface area contributed by atoms with E-state index in [0.29, 0.717) is 64.0 Å². The summed E-state index contributed by atoms with van der Waals surface area (Å²) in [7, 11) is 1.85. The maximum atomic E-state index is 15.7. The second kappa shape index (κ2) is 12.5. The highest BCUT2D eigenvalue weighted by molar-refractivity contribution is 6.01. The first kappa shape index (κ1) is 32.9. The smallest absolute Gasteiger partial charge is 0.337 e. The summed E-state index contributed by atoms with van der Waals surface area (Å²) >= 11 is 0. The van der Waals surface area contributed by atoms with Crippen LogP contribution >= 0.6 is 0 Å². The van der Waals surface area contributed by atoms with E-state index in [0.717, 1.165) is 43.5 Å². The third kappa shape index (κ3) is 6.32. The van der Waals surface area contributed by atoms with Gasteiger partial charge in [-0.3, -0.25) is 0 Å². The summed E-state index contributed by atoms with van der Waals surface area (Å²) < 4.78 is 41.7. The summed E-state index contributed by atoms with van der Waals surface area (Å²) in [6.45, 7) is 15.1. The topological polar surface area (TPSA) is 125 Å². The normalized spacial score (nSPS) is 16.5. The fourth-order valence-corrected chi connectivity index (χ4v) is 6.79. The van der Waals surface area contributed by atoms with Gasteiger partial charge in [0.15, 0.2) is 17.7 Å². The molecule has 252 valence electrons. The molecular weight excluding hydrogens is 605 g/mol. The molecule has 1 saturated heterocycles. The fraction of sp³-hybridized carbons (Fsp3) is 0.543. The van der Waals surface area contributed by atoms with E-state index >= 15 is 4.39 Å². The van der Waals surface area contributed by atoms with Crippen molar-refractivity contribution in [3.05, 3.63) is 40.3 Å². The van der Waals surface area contributed by atoms with Crippen molar-refractivity contribution in [2.75, 3.05) is 24.6 Å². The van der Waals surface area contributed by atoms with Crippen molar-refractivity contribution in [3.63, 3.8) is 0 Å². The van der Waals surface area contributed by atoms with E-state index in [2.05, 4.69) is 15.1 Å². The number of carboxylic acids is 1. The number of hydrogen-bond donors (Lipinski definition) is 1. The highest BCUT2D eigenvalue weighted by Gasteiger charge is 2.35. The Morgan fingerprint density at radius 3 is 2.53 bits per heavy atom. The average Bonchev–Trinajstić information content (AvgIpc) is 3.62. The van der Waals surface area contributed by atoms with Crippen molar-refractivity contribution >= 4 is 23.0 Å². The van der Waals surface area contributed by atoms with Crippen LogP contribution in [0.3, 0.4) is 0 Å². The first-order valence-corrected chi connectivity index (χ1v) is 16.3. The van der Waals surface area contributed by atoms with Gasteiger partial charge in [-0.05, 0) is 97.4 Å². The Labute approximate surface area is 274 Å². The number of hydrogen-bond acceptors (Lipinski definition) is 9. The number of fused-ring (bicyclic) bond motifs is 2. The van der Waals surface area contributed by atoms with Crippen molar-refractivity contribution < 1.29 is 32.9 Å². The van der Waals surface area contributed by atoms with Gasteiger partial charge in [0.05, 0.1) is 24.4 Å². The van der Waals surface area contributed by atoms with Crippen molar-refractivity contribution in [3.8, 4) is 28.5 Å². The van der Waals surface area contributed by atoms with E-state index < -0.39 is 23.5 Å². The van der Waals surface area contributed by atoms with Crippen LogP contribution in [0.15, 0.2) is 16.5 Å². The molecule has 1 N–H and O–H groups in total. The zero-order valence-electron chi connectivity index (χ0n) is 28.4. The van der Waals surface area contributed by atoms with Crippen molar-refractivity contribution in [2.45, 2.75) is 98.1 Å². The van der Waals surface area contributed by atoms with Crippen LogP contribution in [0.5, 0.6) is 5.75 Å². The molecule has 0 spiro atoms. The minimum atomic E-state index is -1.36. The molecule has 0 radical (unpaired) electrons. The molecule has 0 amide bonds. The molecule has 0 unspecified atom stereocenters. The molecule has 0 bridgehead atoms. The van der Waals surface area contributed by atoms with Crippen molar-refractivity contribution in [2.24, 2.45) is 7.05 Å². The molecule has 0 saturated carbocycles. The number of piperidine rings is 1. The predicted molar refractivity (Wildman–Crippen MR) is 175 cm³/mol. The molecule has 1 fully saturated rings. The predicted octanol–water partition coefficient (Wildman–Crippen LogP) is 6.71. The maximum Gasteiger partial charge on any atom is 0.337 e. The Kier molecular flexibility index (Phi) is 8.77. The largest absolute Gasteiger partial charge is 0.490 e. The molecule has 1 aromatic carbocycles. The number of aromatic nitrogens is 4. The highest BCUT2D eigenvalue weighted by atomic mass is 19.1. The minimum Gasteiger partial charge on any atom is -0.490 e. The van der Waals surface area contributed by atoms with Crippen molar-refractivity contribution in [1.29, 1.82) is 0 Å². The van der Waals surface area contributed by atoms with Crippen LogP contribution in [0.2, 0.25) is 0 Å². The summed E-state index contributed by atoms with van der Waals surface area (Å²) in [6.07, 6.45) is 2.16. The third-order valence-electron chi connectivity index (χ3n) is 8.88. The summed E-state index contributed by atoms with van der Waals surface area (Å²) in [5.74, 6) is -1.09. The standard InChI is InChI=1S/C35H44FN5O6/c1-18(2)45-21-11-13-41(14-12-21)34-39-38-32(46-34)26-17-24-28(23-16-25(36)29-22(19(23)3)10-9-15-44-29)27(20(4)37-31(24)40(26)8)30(33(42)43)47-35(5,6)7/h16-18,21,30H,9-15H2,1-8H3,(H,42,43)/t30-/m0/s1. The molecule has 47 heavy (non-hydrogen) atoms. The van der Waals surface area contributed by atoms with Crippen LogP contribution in [0.1, 0.15) is 82.4 Å². The number of benzene rings is 1. The number of rotatable bonds is 8. The molecule has 6 rings (SSSR count). The van der Waals surface area contributed by atoms with Gasteiger partial charge in [0, 0.05) is 47.9 Å². The first-order valence-electron chi connectivity index (χ1n) is 16.3. The quantitative estimate of drug-likeness (QED) is 0.220. The number of halogens is 1. The SMILES string of the molecule is Cc1nc2c(cc(-c3nnc(N4CCC(OC(C)C)CC4)o3)n2C)c(-c2cc(F)c3c(c2C)CCCO3)c1[C@H](OC(C)(C)C)C(=O)O. The number of anilines is 1. The Morgan fingerprint density at radius 1 is 1.15 bits per heavy atom. The average molecular weight is 650 g/mol. The Bertz CT molecular complexity index is 1820. The number of carbonyl (C=O) groups is 1. The lowest BCUT2D eigenvalue weighted by Gasteiger charge is -2.31. The Balaban J connectivity index is 1.51. The third-order valence-corrected chi connectivity index (χ3v) is 8.88. The molecular formula is C35H44FN5O6. The molecule has 2 aliphatic rings. The van der Waals surface area contributed by atoms with Crippen LogP contribution in [-0.4, -0.2) is 68.3 Å². The molecule has 1 atom stereocenters. The summed E-state index contributed by atoms with van der Waals surface area (Å²) in [5, 5.41) is 19.9. The van der Waals surface area contributed by atoms with E-state index in [1.54, 1.807) is 27.7 Å². The van der Waals surface area contributed by atoms with E-state index in [9.17, 15) is 9.90 Å². The maximum absolute atomic E-state index is 15.7. The second-order valence-electron chi connectivity index (χ2n) is 13.8. The van der Waals surface area contributed by atoms with E-state index in [-0.39, 0.29) is 18.0 Å². The van der Waals surface area contributed by atoms with Gasteiger partial charge in [0.1, 0.15) is 11.3 Å². The summed E-state index contributed by atoms with van der Waals surface area (Å²) in [4.78, 5) is 19.8. The molecule has 11 nitrogen and oxygen atoms in total. The Morgan fingerprint density at radius 2 is 1.87 bits per heavy atom. The number of pyridine rings is 1. The summed E-state index contributed by atoms with van der Waals surface area (Å²) in [6, 6.07) is 3.73. The van der Waals surface area contributed by atoms with Gasteiger partial charge in [-0.25, -0.2) is 14.2 Å². The lowest BCUT2D eigenvalue weighted by Crippen LogP contribution is -2.38. The minimum absolute atomic E-state index is 0.177. The molecule has 2 aliphatic heterocycles. The van der Waals surface area contributed by atoms with E-state index in [1.807, 2.05) is 38.5 Å². The number of aryl methyl sites for hydroxylation is 2. The number of aliphatic carboxylic acids is 1. The molecule has 5 heterocycles. The monoisotopic (exact) mass is 649 g/mol. The number of ether oxygens (including phenoxy) is 3. The van der Waals surface area contributed by atoms with E-state index in [4.69, 9.17) is 23.6 Å². The van der Waals surface area contributed by atoms with Gasteiger partial charge in [-0.15, -0.1) is 5.10 Å². The van der Waals surface area contributed by atoms with Crippen molar-refractivity contribution in [1.82, 2.24) is 19.7 Å². The fourth-order valence-electron chi connectivity index (χ4n) is 6.79. The van der Waals surface area contributed by atoms with Crippen LogP contribution in [-0.2, 0) is 27.7 Å². The van der Waals surface area contributed by atoms with E-state index in [1.165, 1.54) is 6.07 Å². The highest BCUT2D eigenvalue weighted by Crippen LogP contribution is 2.45. The van der Waals surface area contributed by atoms with Crippen LogP contribution in [0, 0.1) is 19.7 Å². The zero-order chi connectivity index (χ0) is 33.8. The van der Waals surface area contributed by atoms with Gasteiger partial charge in [0.25, 0.3) is 5.89 Å². The van der Waals surface area contributed by atoms with Crippen LogP contribution in [0.25, 0.3) is 33.7 Å². The summed E-state index contributed by atoms with van der Waals surface area (Å²) in [5.41, 5.74) is 3.92. The molecule has 3 aromatic heterocycles. The van der Waals surface area contributed by atoms with Gasteiger partial charge in [-0.1, -0.05) is 5.10 Å². The lowest BCUT2D eigenvalue weighted by atomic mass is 9.86. The van der Waals surface area contributed by atoms with Gasteiger partial charge in [-0.2, -0.15) is 0 Å². The lowest BCUT2D eigenvalue weighted by molar-refractivity contribution is -0.160. The number of nitrogens with zero attached hydrogens (tertiary/aromatic N) is 5. The zero-order valence-corrected chi connectivity index (χ0v) is 28.4. The van der Waals surface area contributed by atoms with Gasteiger partial charge >= 0.3 is 12.0 Å². The first-order chi connectivity index (χ1) is 22.2. The van der Waals surface area contributed by atoms with Gasteiger partial charge < -0.3 is 33.2 Å². The second-order valence-corrected chi connectivity index (χ2v) is 13.8. The van der Waals surface area contributed by atoms with Crippen LogP contribution < -0.4 is 9.64 Å². The molecule has 4 aromatic rings. The molecule has 0 aliphatic carbocycles. The van der Waals surface area contributed by atoms with Gasteiger partial charge in [0.2, 0.25) is 0 Å².